The first kappa shape index (κ1) is 10.8. The van der Waals surface area contributed by atoms with Gasteiger partial charge in [-0.1, -0.05) is 0 Å². The minimum absolute atomic E-state index is 0.0381. The van der Waals surface area contributed by atoms with E-state index in [0.717, 1.165) is 19.4 Å². The average molecular weight is 234 g/mol. The Balaban J connectivity index is 1.60. The molecule has 0 aromatic carbocycles. The SMILES string of the molecule is O=C(NC1CCNC2(CCC2)C1)c1ccn[nH]1. The van der Waals surface area contributed by atoms with Crippen molar-refractivity contribution in [1.29, 1.82) is 0 Å². The molecule has 1 unspecified atom stereocenters. The van der Waals surface area contributed by atoms with Gasteiger partial charge in [0.05, 0.1) is 0 Å². The first-order chi connectivity index (χ1) is 8.27. The lowest BCUT2D eigenvalue weighted by atomic mass is 9.70. The van der Waals surface area contributed by atoms with Gasteiger partial charge in [-0.05, 0) is 44.7 Å². The molecule has 1 saturated heterocycles. The van der Waals surface area contributed by atoms with E-state index in [0.29, 0.717) is 17.3 Å². The smallest absolute Gasteiger partial charge is 0.269 e. The number of hydrogen-bond donors (Lipinski definition) is 3. The van der Waals surface area contributed by atoms with Crippen LogP contribution >= 0.6 is 0 Å². The Kier molecular flexibility index (Phi) is 2.63. The van der Waals surface area contributed by atoms with Crippen LogP contribution in [0.25, 0.3) is 0 Å². The maximum absolute atomic E-state index is 11.9. The summed E-state index contributed by atoms with van der Waals surface area (Å²) >= 11 is 0. The van der Waals surface area contributed by atoms with Crippen molar-refractivity contribution in [2.75, 3.05) is 6.54 Å². The Labute approximate surface area is 100 Å². The number of rotatable bonds is 2. The van der Waals surface area contributed by atoms with Crippen LogP contribution in [-0.4, -0.2) is 34.2 Å². The molecular formula is C12H18N4O. The number of nitrogens with one attached hydrogen (secondary N) is 3. The number of aromatic nitrogens is 2. The third-order valence-corrected chi connectivity index (χ3v) is 4.02. The molecule has 2 fully saturated rings. The van der Waals surface area contributed by atoms with Crippen LogP contribution in [0, 0.1) is 0 Å². The number of piperidine rings is 1. The van der Waals surface area contributed by atoms with Gasteiger partial charge < -0.3 is 10.6 Å². The fourth-order valence-corrected chi connectivity index (χ4v) is 2.91. The van der Waals surface area contributed by atoms with Crippen LogP contribution in [0.3, 0.4) is 0 Å². The third kappa shape index (κ3) is 2.07. The highest BCUT2D eigenvalue weighted by Crippen LogP contribution is 2.38. The molecule has 92 valence electrons. The van der Waals surface area contributed by atoms with Gasteiger partial charge in [-0.2, -0.15) is 5.10 Å². The Morgan fingerprint density at radius 3 is 3.06 bits per heavy atom. The molecule has 0 radical (unpaired) electrons. The van der Waals surface area contributed by atoms with Gasteiger partial charge in [0.15, 0.2) is 0 Å². The molecule has 1 aromatic heterocycles. The second-order valence-electron chi connectivity index (χ2n) is 5.19. The third-order valence-electron chi connectivity index (χ3n) is 4.02. The van der Waals surface area contributed by atoms with E-state index >= 15 is 0 Å². The standard InChI is InChI=1S/C12H18N4O/c17-11(10-3-7-14-16-10)15-9-2-6-13-12(8-9)4-1-5-12/h3,7,9,13H,1-2,4-6,8H2,(H,14,16)(H,15,17). The lowest BCUT2D eigenvalue weighted by molar-refractivity contribution is 0.0848. The molecule has 1 spiro atoms. The van der Waals surface area contributed by atoms with Crippen molar-refractivity contribution < 1.29 is 4.79 Å². The van der Waals surface area contributed by atoms with E-state index in [9.17, 15) is 4.79 Å². The number of carbonyl (C=O) groups excluding carboxylic acids is 1. The van der Waals surface area contributed by atoms with Crippen molar-refractivity contribution in [2.45, 2.75) is 43.7 Å². The highest BCUT2D eigenvalue weighted by molar-refractivity contribution is 5.92. The molecule has 1 atom stereocenters. The van der Waals surface area contributed by atoms with E-state index in [4.69, 9.17) is 0 Å². The summed E-state index contributed by atoms with van der Waals surface area (Å²) in [6.45, 7) is 1.01. The highest BCUT2D eigenvalue weighted by atomic mass is 16.2. The van der Waals surface area contributed by atoms with Gasteiger partial charge in [-0.25, -0.2) is 0 Å². The molecule has 5 heteroatoms. The Bertz CT molecular complexity index is 397. The fourth-order valence-electron chi connectivity index (χ4n) is 2.91. The molecular weight excluding hydrogens is 216 g/mol. The molecule has 1 aliphatic carbocycles. The van der Waals surface area contributed by atoms with Gasteiger partial charge in [0.2, 0.25) is 0 Å². The van der Waals surface area contributed by atoms with Crippen molar-refractivity contribution in [1.82, 2.24) is 20.8 Å². The van der Waals surface area contributed by atoms with Crippen LogP contribution in [-0.2, 0) is 0 Å². The molecule has 3 rings (SSSR count). The lowest BCUT2D eigenvalue weighted by Crippen LogP contribution is -2.59. The summed E-state index contributed by atoms with van der Waals surface area (Å²) < 4.78 is 0. The number of carbonyl (C=O) groups is 1. The van der Waals surface area contributed by atoms with Crippen LogP contribution in [0.2, 0.25) is 0 Å². The summed E-state index contributed by atoms with van der Waals surface area (Å²) in [4.78, 5) is 11.9. The Morgan fingerprint density at radius 2 is 2.41 bits per heavy atom. The number of nitrogens with zero attached hydrogens (tertiary/aromatic N) is 1. The summed E-state index contributed by atoms with van der Waals surface area (Å²) in [5.41, 5.74) is 0.871. The van der Waals surface area contributed by atoms with Crippen molar-refractivity contribution in [3.05, 3.63) is 18.0 Å². The zero-order chi connectivity index (χ0) is 11.7. The van der Waals surface area contributed by atoms with Gasteiger partial charge in [0, 0.05) is 17.8 Å². The molecule has 1 saturated carbocycles. The summed E-state index contributed by atoms with van der Waals surface area (Å²) in [5, 5.41) is 13.2. The Morgan fingerprint density at radius 1 is 1.53 bits per heavy atom. The summed E-state index contributed by atoms with van der Waals surface area (Å²) in [6, 6.07) is 2.00. The molecule has 0 bridgehead atoms. The van der Waals surface area contributed by atoms with Gasteiger partial charge in [0.1, 0.15) is 5.69 Å². The predicted octanol–water partition coefficient (Wildman–Crippen LogP) is 0.814. The minimum Gasteiger partial charge on any atom is -0.348 e. The summed E-state index contributed by atoms with van der Waals surface area (Å²) in [5.74, 6) is -0.0381. The topological polar surface area (TPSA) is 69.8 Å². The van der Waals surface area contributed by atoms with E-state index in [1.807, 2.05) is 0 Å². The molecule has 3 N–H and O–H groups in total. The monoisotopic (exact) mass is 234 g/mol. The van der Waals surface area contributed by atoms with Crippen molar-refractivity contribution >= 4 is 5.91 Å². The second kappa shape index (κ2) is 4.14. The molecule has 2 heterocycles. The van der Waals surface area contributed by atoms with Crippen molar-refractivity contribution in [3.63, 3.8) is 0 Å². The largest absolute Gasteiger partial charge is 0.348 e. The highest BCUT2D eigenvalue weighted by Gasteiger charge is 2.41. The van der Waals surface area contributed by atoms with E-state index in [1.54, 1.807) is 12.3 Å². The van der Waals surface area contributed by atoms with Crippen molar-refractivity contribution in [3.8, 4) is 0 Å². The van der Waals surface area contributed by atoms with Crippen LogP contribution in [0.5, 0.6) is 0 Å². The quantitative estimate of drug-likeness (QED) is 0.709. The normalized spacial score (nSPS) is 26.5. The predicted molar refractivity (Wildman–Crippen MR) is 63.7 cm³/mol. The van der Waals surface area contributed by atoms with E-state index < -0.39 is 0 Å². The summed E-state index contributed by atoms with van der Waals surface area (Å²) in [6.07, 6.45) is 7.50. The first-order valence-corrected chi connectivity index (χ1v) is 6.33. The number of hydrogen-bond acceptors (Lipinski definition) is 3. The maximum Gasteiger partial charge on any atom is 0.269 e. The van der Waals surface area contributed by atoms with E-state index in [-0.39, 0.29) is 5.91 Å². The molecule has 1 aliphatic heterocycles. The molecule has 1 aromatic rings. The molecule has 17 heavy (non-hydrogen) atoms. The number of H-pyrrole nitrogens is 1. The number of amides is 1. The van der Waals surface area contributed by atoms with Crippen LogP contribution in [0.1, 0.15) is 42.6 Å². The Hall–Kier alpha value is -1.36. The van der Waals surface area contributed by atoms with Crippen molar-refractivity contribution in [2.24, 2.45) is 0 Å². The zero-order valence-corrected chi connectivity index (χ0v) is 9.83. The zero-order valence-electron chi connectivity index (χ0n) is 9.83. The van der Waals surface area contributed by atoms with E-state index in [2.05, 4.69) is 20.8 Å². The van der Waals surface area contributed by atoms with Gasteiger partial charge in [-0.3, -0.25) is 9.89 Å². The minimum atomic E-state index is -0.0381. The van der Waals surface area contributed by atoms with Gasteiger partial charge >= 0.3 is 0 Å². The second-order valence-corrected chi connectivity index (χ2v) is 5.19. The first-order valence-electron chi connectivity index (χ1n) is 6.33. The van der Waals surface area contributed by atoms with Crippen LogP contribution < -0.4 is 10.6 Å². The van der Waals surface area contributed by atoms with Crippen LogP contribution in [0.4, 0.5) is 0 Å². The van der Waals surface area contributed by atoms with Crippen LogP contribution in [0.15, 0.2) is 12.3 Å². The van der Waals surface area contributed by atoms with E-state index in [1.165, 1.54) is 19.3 Å². The molecule has 1 amide bonds. The molecule has 5 nitrogen and oxygen atoms in total. The lowest BCUT2D eigenvalue weighted by Gasteiger charge is -2.48. The molecule has 2 aliphatic rings. The fraction of sp³-hybridized carbons (Fsp3) is 0.667. The summed E-state index contributed by atoms with van der Waals surface area (Å²) in [7, 11) is 0. The maximum atomic E-state index is 11.9. The van der Waals surface area contributed by atoms with Gasteiger partial charge in [0.25, 0.3) is 5.91 Å². The van der Waals surface area contributed by atoms with Gasteiger partial charge in [-0.15, -0.1) is 0 Å². The number of aromatic amines is 1. The average Bonchev–Trinajstić information content (AvgIpc) is 2.81.